The predicted molar refractivity (Wildman–Crippen MR) is 115 cm³/mol. The van der Waals surface area contributed by atoms with Gasteiger partial charge >= 0.3 is 0 Å². The van der Waals surface area contributed by atoms with E-state index < -0.39 is 16.1 Å². The maximum absolute atomic E-state index is 2.51. The van der Waals surface area contributed by atoms with Gasteiger partial charge in [0.05, 0.1) is 16.1 Å². The van der Waals surface area contributed by atoms with Crippen LogP contribution in [0.4, 0.5) is 0 Å². The second-order valence-electron chi connectivity index (χ2n) is 8.03. The van der Waals surface area contributed by atoms with E-state index in [1.807, 2.05) is 0 Å². The number of hydrogen-bond acceptors (Lipinski definition) is 0. The molecule has 2 aromatic rings. The molecule has 1 saturated carbocycles. The van der Waals surface area contributed by atoms with Gasteiger partial charge in [-0.05, 0) is 53.1 Å². The second-order valence-corrected chi connectivity index (χ2v) is 18.8. The molecule has 0 spiro atoms. The highest BCUT2D eigenvalue weighted by Gasteiger charge is 2.38. The molecule has 24 heavy (non-hydrogen) atoms. The fraction of sp³-hybridized carbons (Fsp3) is 0.238. The van der Waals surface area contributed by atoms with Crippen molar-refractivity contribution in [3.05, 3.63) is 73.4 Å². The van der Waals surface area contributed by atoms with Crippen LogP contribution in [0.2, 0.25) is 32.7 Å². The smallest absolute Gasteiger partial charge is 0.0769 e. The van der Waals surface area contributed by atoms with E-state index in [4.69, 9.17) is 0 Å². The summed E-state index contributed by atoms with van der Waals surface area (Å²) >= 11 is 0. The van der Waals surface area contributed by atoms with Crippen LogP contribution in [0.15, 0.2) is 42.2 Å². The van der Waals surface area contributed by atoms with Crippen LogP contribution in [0, 0.1) is 31.2 Å². The van der Waals surface area contributed by atoms with E-state index >= 15 is 0 Å². The molecule has 0 N–H and O–H groups in total. The standard InChI is InChI=1S/C21H26PSi2/c1-23(2,3)19-15-20(17-11-7-6-8-12-17)21(22-16-19)24(4,5)18-13-9-10-14-18/h6-16H,1-5H3. The lowest BCUT2D eigenvalue weighted by molar-refractivity contribution is 1.43. The molecule has 1 aromatic heterocycles. The molecular weight excluding hydrogens is 339 g/mol. The summed E-state index contributed by atoms with van der Waals surface area (Å²) in [4.78, 5) is 1.64. The second kappa shape index (κ2) is 6.90. The summed E-state index contributed by atoms with van der Waals surface area (Å²) < 4.78 is 0. The van der Waals surface area contributed by atoms with Crippen LogP contribution < -0.4 is 10.1 Å². The lowest BCUT2D eigenvalue weighted by Crippen LogP contribution is -2.48. The van der Waals surface area contributed by atoms with E-state index in [2.05, 4.69) is 101 Å². The molecule has 1 heterocycles. The largest absolute Gasteiger partial charge is 0.0943 e. The molecule has 1 fully saturated rings. The monoisotopic (exact) mass is 365 g/mol. The zero-order chi connectivity index (χ0) is 17.4. The molecule has 5 radical (unpaired) electrons. The van der Waals surface area contributed by atoms with E-state index in [9.17, 15) is 0 Å². The van der Waals surface area contributed by atoms with Crippen molar-refractivity contribution in [1.29, 1.82) is 0 Å². The predicted octanol–water partition coefficient (Wildman–Crippen LogP) is 5.34. The first-order valence-electron chi connectivity index (χ1n) is 8.59. The zero-order valence-electron chi connectivity index (χ0n) is 15.3. The molecule has 0 nitrogen and oxygen atoms in total. The Bertz CT molecular complexity index is 696. The Morgan fingerprint density at radius 3 is 2.04 bits per heavy atom. The Morgan fingerprint density at radius 1 is 0.833 bits per heavy atom. The van der Waals surface area contributed by atoms with Crippen molar-refractivity contribution in [3.8, 4) is 11.1 Å². The maximum atomic E-state index is 2.51. The van der Waals surface area contributed by atoms with Crippen LogP contribution in [-0.4, -0.2) is 16.1 Å². The van der Waals surface area contributed by atoms with Crippen molar-refractivity contribution in [1.82, 2.24) is 0 Å². The highest BCUT2D eigenvalue weighted by molar-refractivity contribution is 7.42. The van der Waals surface area contributed by atoms with Crippen LogP contribution >= 0.6 is 8.19 Å². The average Bonchev–Trinajstić information content (AvgIpc) is 3.09. The van der Waals surface area contributed by atoms with E-state index in [0.29, 0.717) is 0 Å². The number of benzene rings is 1. The Kier molecular flexibility index (Phi) is 5.20. The van der Waals surface area contributed by atoms with Gasteiger partial charge in [-0.3, -0.25) is 0 Å². The van der Waals surface area contributed by atoms with Gasteiger partial charge in [-0.2, -0.15) is 0 Å². The molecule has 0 amide bonds. The summed E-state index contributed by atoms with van der Waals surface area (Å²) in [5.41, 5.74) is 4.39. The third-order valence-electron chi connectivity index (χ3n) is 4.81. The molecule has 3 heteroatoms. The fourth-order valence-corrected chi connectivity index (χ4v) is 10.2. The first-order valence-corrected chi connectivity index (χ1v) is 16.0. The van der Waals surface area contributed by atoms with Crippen LogP contribution in [0.1, 0.15) is 0 Å². The van der Waals surface area contributed by atoms with Gasteiger partial charge in [0, 0.05) is 0 Å². The SMILES string of the molecule is C[Si](C)(C)c1cpc([Si](C)(C)[C]2[CH][CH][CH][CH]2)c(-c2ccccc2)c1. The molecule has 0 aliphatic heterocycles. The first-order chi connectivity index (χ1) is 11.3. The molecule has 1 aliphatic rings. The average molecular weight is 366 g/mol. The van der Waals surface area contributed by atoms with E-state index in [-0.39, 0.29) is 0 Å². The van der Waals surface area contributed by atoms with Gasteiger partial charge in [0.2, 0.25) is 0 Å². The quantitative estimate of drug-likeness (QED) is 0.642. The molecule has 1 aromatic carbocycles. The van der Waals surface area contributed by atoms with Gasteiger partial charge in [-0.25, -0.2) is 0 Å². The maximum Gasteiger partial charge on any atom is 0.0943 e. The van der Waals surface area contributed by atoms with E-state index in [0.717, 1.165) is 0 Å². The normalized spacial score (nSPS) is 16.9. The number of rotatable bonds is 4. The van der Waals surface area contributed by atoms with Gasteiger partial charge in [0.15, 0.2) is 0 Å². The molecule has 0 bridgehead atoms. The fourth-order valence-electron chi connectivity index (χ4n) is 3.14. The van der Waals surface area contributed by atoms with E-state index in [1.165, 1.54) is 24.9 Å². The minimum Gasteiger partial charge on any atom is -0.0769 e. The summed E-state index contributed by atoms with van der Waals surface area (Å²) in [6.45, 7) is 12.3. The molecule has 0 saturated heterocycles. The summed E-state index contributed by atoms with van der Waals surface area (Å²) in [7, 11) is -1.55. The van der Waals surface area contributed by atoms with Gasteiger partial charge in [-0.15, -0.1) is 0 Å². The van der Waals surface area contributed by atoms with Crippen molar-refractivity contribution < 1.29 is 0 Å². The van der Waals surface area contributed by atoms with Gasteiger partial charge < -0.3 is 0 Å². The van der Waals surface area contributed by atoms with Crippen LogP contribution in [-0.2, 0) is 0 Å². The highest BCUT2D eigenvalue weighted by atomic mass is 31.0. The minimum atomic E-state index is -1.65. The van der Waals surface area contributed by atoms with Gasteiger partial charge in [0.1, 0.15) is 0 Å². The van der Waals surface area contributed by atoms with Crippen molar-refractivity contribution in [2.75, 3.05) is 0 Å². The third-order valence-corrected chi connectivity index (χ3v) is 13.3. The lowest BCUT2D eigenvalue weighted by Gasteiger charge is -2.32. The number of hydrogen-bond donors (Lipinski definition) is 0. The Morgan fingerprint density at radius 2 is 1.46 bits per heavy atom. The molecule has 123 valence electrons. The highest BCUT2D eigenvalue weighted by Crippen LogP contribution is 2.35. The van der Waals surface area contributed by atoms with Crippen molar-refractivity contribution in [2.45, 2.75) is 32.7 Å². The van der Waals surface area contributed by atoms with Crippen LogP contribution in [0.5, 0.6) is 0 Å². The molecular formula is C21H26PSi2. The topological polar surface area (TPSA) is 0 Å². The van der Waals surface area contributed by atoms with Crippen molar-refractivity contribution >= 4 is 34.4 Å². The molecule has 1 aliphatic carbocycles. The molecule has 3 rings (SSSR count). The Hall–Kier alpha value is -0.696. The minimum absolute atomic E-state index is 1.31. The lowest BCUT2D eigenvalue weighted by atomic mass is 10.1. The Balaban J connectivity index is 2.15. The summed E-state index contributed by atoms with van der Waals surface area (Å²) in [5, 5.41) is 1.58. The van der Waals surface area contributed by atoms with Gasteiger partial charge in [-0.1, -0.05) is 82.5 Å². The molecule has 0 atom stereocenters. The third kappa shape index (κ3) is 3.61. The van der Waals surface area contributed by atoms with Crippen LogP contribution in [0.3, 0.4) is 0 Å². The van der Waals surface area contributed by atoms with Crippen LogP contribution in [0.25, 0.3) is 11.1 Å². The zero-order valence-corrected chi connectivity index (χ0v) is 18.2. The first kappa shape index (κ1) is 18.1. The summed E-state index contributed by atoms with van der Waals surface area (Å²) in [6.07, 6.45) is 8.99. The van der Waals surface area contributed by atoms with Gasteiger partial charge in [0.25, 0.3) is 0 Å². The summed E-state index contributed by atoms with van der Waals surface area (Å²) in [6, 6.07) is 13.5. The van der Waals surface area contributed by atoms with Crippen molar-refractivity contribution in [3.63, 3.8) is 0 Å². The Labute approximate surface area is 151 Å². The van der Waals surface area contributed by atoms with Crippen molar-refractivity contribution in [2.24, 2.45) is 0 Å². The molecule has 0 unspecified atom stereocenters. The summed E-state index contributed by atoms with van der Waals surface area (Å²) in [5.74, 6) is 2.49. The van der Waals surface area contributed by atoms with E-state index in [1.54, 1.807) is 10.1 Å².